The second kappa shape index (κ2) is 5.27. The molecular weight excluding hydrogens is 232 g/mol. The first kappa shape index (κ1) is 12.7. The molecule has 3 N–H and O–H groups in total. The Labute approximate surface area is 106 Å². The van der Waals surface area contributed by atoms with Gasteiger partial charge in [-0.3, -0.25) is 0 Å². The van der Waals surface area contributed by atoms with E-state index in [1.165, 1.54) is 0 Å². The molecule has 98 valence electrons. The zero-order chi connectivity index (χ0) is 13.1. The van der Waals surface area contributed by atoms with Crippen LogP contribution in [0.1, 0.15) is 23.7 Å². The first-order valence-corrected chi connectivity index (χ1v) is 6.10. The first-order chi connectivity index (χ1) is 8.63. The number of anilines is 2. The van der Waals surface area contributed by atoms with Gasteiger partial charge in [0.05, 0.1) is 30.5 Å². The van der Waals surface area contributed by atoms with E-state index >= 15 is 0 Å². The Morgan fingerprint density at radius 1 is 1.61 bits per heavy atom. The van der Waals surface area contributed by atoms with E-state index in [0.29, 0.717) is 36.7 Å². The van der Waals surface area contributed by atoms with Crippen molar-refractivity contribution in [3.05, 3.63) is 23.8 Å². The van der Waals surface area contributed by atoms with Gasteiger partial charge in [-0.2, -0.15) is 0 Å². The number of nitrogens with zero attached hydrogens (tertiary/aromatic N) is 1. The molecule has 18 heavy (non-hydrogen) atoms. The normalized spacial score (nSPS) is 19.8. The number of ether oxygens (including phenoxy) is 1. The maximum absolute atomic E-state index is 11.3. The summed E-state index contributed by atoms with van der Waals surface area (Å²) < 4.78 is 5.43. The minimum absolute atomic E-state index is 0.207. The van der Waals surface area contributed by atoms with Crippen molar-refractivity contribution in [1.29, 1.82) is 0 Å². The number of aromatic carboxylic acids is 1. The number of carboxylic acids is 1. The van der Waals surface area contributed by atoms with Gasteiger partial charge in [-0.25, -0.2) is 4.79 Å². The third kappa shape index (κ3) is 2.41. The molecule has 0 bridgehead atoms. The van der Waals surface area contributed by atoms with Crippen LogP contribution in [0.3, 0.4) is 0 Å². The molecule has 1 atom stereocenters. The summed E-state index contributed by atoms with van der Waals surface area (Å²) >= 11 is 0. The maximum atomic E-state index is 11.3. The van der Waals surface area contributed by atoms with Crippen LogP contribution in [-0.4, -0.2) is 36.9 Å². The van der Waals surface area contributed by atoms with Crippen LogP contribution < -0.4 is 10.6 Å². The van der Waals surface area contributed by atoms with Gasteiger partial charge in [0, 0.05) is 12.2 Å². The molecule has 0 aliphatic carbocycles. The Bertz CT molecular complexity index is 448. The fourth-order valence-electron chi connectivity index (χ4n) is 2.28. The smallest absolute Gasteiger partial charge is 0.337 e. The molecule has 0 radical (unpaired) electrons. The van der Waals surface area contributed by atoms with E-state index in [9.17, 15) is 9.90 Å². The summed E-state index contributed by atoms with van der Waals surface area (Å²) in [5.41, 5.74) is 7.34. The molecule has 5 heteroatoms. The lowest BCUT2D eigenvalue weighted by Gasteiger charge is -2.37. The van der Waals surface area contributed by atoms with Crippen LogP contribution in [0.2, 0.25) is 0 Å². The molecule has 0 saturated carbocycles. The van der Waals surface area contributed by atoms with E-state index in [4.69, 9.17) is 10.5 Å². The van der Waals surface area contributed by atoms with Crippen LogP contribution >= 0.6 is 0 Å². The molecule has 1 fully saturated rings. The van der Waals surface area contributed by atoms with Crippen LogP contribution in [0.4, 0.5) is 11.4 Å². The summed E-state index contributed by atoms with van der Waals surface area (Å²) in [4.78, 5) is 13.4. The highest BCUT2D eigenvalue weighted by Gasteiger charge is 2.25. The number of carbonyl (C=O) groups is 1. The molecule has 1 aliphatic heterocycles. The lowest BCUT2D eigenvalue weighted by molar-refractivity contribution is 0.0694. The quantitative estimate of drug-likeness (QED) is 0.797. The molecule has 0 spiro atoms. The van der Waals surface area contributed by atoms with Gasteiger partial charge in [0.1, 0.15) is 0 Å². The van der Waals surface area contributed by atoms with Crippen LogP contribution in [0.15, 0.2) is 18.2 Å². The summed E-state index contributed by atoms with van der Waals surface area (Å²) in [5.74, 6) is -0.925. The lowest BCUT2D eigenvalue weighted by atomic mass is 10.1. The van der Waals surface area contributed by atoms with Crippen LogP contribution in [0.5, 0.6) is 0 Å². The van der Waals surface area contributed by atoms with E-state index < -0.39 is 5.97 Å². The van der Waals surface area contributed by atoms with Crippen LogP contribution in [0.25, 0.3) is 0 Å². The van der Waals surface area contributed by atoms with E-state index in [-0.39, 0.29) is 6.04 Å². The van der Waals surface area contributed by atoms with E-state index in [0.717, 1.165) is 6.42 Å². The SMILES string of the molecule is CCC1COCCN1c1cc(N)ccc1C(=O)O. The molecule has 1 aromatic rings. The molecule has 2 rings (SSSR count). The average Bonchev–Trinajstić information content (AvgIpc) is 2.38. The summed E-state index contributed by atoms with van der Waals surface area (Å²) in [6, 6.07) is 5.12. The molecule has 1 heterocycles. The average molecular weight is 250 g/mol. The number of nitrogen functional groups attached to an aromatic ring is 1. The van der Waals surface area contributed by atoms with Crippen molar-refractivity contribution in [3.8, 4) is 0 Å². The fraction of sp³-hybridized carbons (Fsp3) is 0.462. The lowest BCUT2D eigenvalue weighted by Crippen LogP contribution is -2.45. The molecule has 1 unspecified atom stereocenters. The number of hydrogen-bond acceptors (Lipinski definition) is 4. The summed E-state index contributed by atoms with van der Waals surface area (Å²) in [6.45, 7) is 4.01. The fourth-order valence-corrected chi connectivity index (χ4v) is 2.28. The van der Waals surface area contributed by atoms with Crippen molar-refractivity contribution in [2.24, 2.45) is 0 Å². The van der Waals surface area contributed by atoms with Gasteiger partial charge in [-0.05, 0) is 24.6 Å². The van der Waals surface area contributed by atoms with Crippen molar-refractivity contribution in [2.45, 2.75) is 19.4 Å². The van der Waals surface area contributed by atoms with Crippen molar-refractivity contribution in [1.82, 2.24) is 0 Å². The minimum Gasteiger partial charge on any atom is -0.478 e. The minimum atomic E-state index is -0.925. The Morgan fingerprint density at radius 2 is 2.39 bits per heavy atom. The van der Waals surface area contributed by atoms with Gasteiger partial charge in [-0.1, -0.05) is 6.92 Å². The zero-order valence-corrected chi connectivity index (χ0v) is 10.4. The molecule has 0 aromatic heterocycles. The van der Waals surface area contributed by atoms with Gasteiger partial charge in [0.2, 0.25) is 0 Å². The standard InChI is InChI=1S/C13H18N2O3/c1-2-10-8-18-6-5-15(10)12-7-9(14)3-4-11(12)13(16)17/h3-4,7,10H,2,5-6,8,14H2,1H3,(H,16,17). The predicted molar refractivity (Wildman–Crippen MR) is 70.1 cm³/mol. The first-order valence-electron chi connectivity index (χ1n) is 6.10. The molecule has 1 aliphatic rings. The largest absolute Gasteiger partial charge is 0.478 e. The monoisotopic (exact) mass is 250 g/mol. The number of carboxylic acid groups (broad SMARTS) is 1. The van der Waals surface area contributed by atoms with Crippen molar-refractivity contribution < 1.29 is 14.6 Å². The highest BCUT2D eigenvalue weighted by atomic mass is 16.5. The summed E-state index contributed by atoms with van der Waals surface area (Å²) in [6.07, 6.45) is 0.911. The van der Waals surface area contributed by atoms with E-state index in [2.05, 4.69) is 11.8 Å². The van der Waals surface area contributed by atoms with Gasteiger partial charge < -0.3 is 20.5 Å². The number of benzene rings is 1. The maximum Gasteiger partial charge on any atom is 0.337 e. The number of rotatable bonds is 3. The molecular formula is C13H18N2O3. The summed E-state index contributed by atoms with van der Waals surface area (Å²) in [7, 11) is 0. The summed E-state index contributed by atoms with van der Waals surface area (Å²) in [5, 5.41) is 9.25. The Hall–Kier alpha value is -1.75. The Balaban J connectivity index is 2.41. The predicted octanol–water partition coefficient (Wildman–Crippen LogP) is 1.58. The third-order valence-electron chi connectivity index (χ3n) is 3.26. The van der Waals surface area contributed by atoms with Crippen molar-refractivity contribution >= 4 is 17.3 Å². The van der Waals surface area contributed by atoms with Gasteiger partial charge in [-0.15, -0.1) is 0 Å². The third-order valence-corrected chi connectivity index (χ3v) is 3.26. The topological polar surface area (TPSA) is 75.8 Å². The number of morpholine rings is 1. The van der Waals surface area contributed by atoms with Crippen molar-refractivity contribution in [3.63, 3.8) is 0 Å². The Kier molecular flexibility index (Phi) is 3.72. The van der Waals surface area contributed by atoms with Crippen molar-refractivity contribution in [2.75, 3.05) is 30.4 Å². The van der Waals surface area contributed by atoms with Gasteiger partial charge in [0.15, 0.2) is 0 Å². The second-order valence-corrected chi connectivity index (χ2v) is 4.41. The van der Waals surface area contributed by atoms with E-state index in [1.54, 1.807) is 18.2 Å². The van der Waals surface area contributed by atoms with Gasteiger partial charge >= 0.3 is 5.97 Å². The van der Waals surface area contributed by atoms with Gasteiger partial charge in [0.25, 0.3) is 0 Å². The van der Waals surface area contributed by atoms with Crippen LogP contribution in [0, 0.1) is 0 Å². The van der Waals surface area contributed by atoms with Crippen LogP contribution in [-0.2, 0) is 4.74 Å². The molecule has 0 amide bonds. The highest BCUT2D eigenvalue weighted by molar-refractivity contribution is 5.95. The second-order valence-electron chi connectivity index (χ2n) is 4.41. The number of hydrogen-bond donors (Lipinski definition) is 2. The molecule has 1 aromatic carbocycles. The zero-order valence-electron chi connectivity index (χ0n) is 10.4. The Morgan fingerprint density at radius 3 is 3.06 bits per heavy atom. The highest BCUT2D eigenvalue weighted by Crippen LogP contribution is 2.27. The van der Waals surface area contributed by atoms with E-state index in [1.807, 2.05) is 0 Å². The molecule has 1 saturated heterocycles. The molecule has 5 nitrogen and oxygen atoms in total. The number of nitrogens with two attached hydrogens (primary N) is 1.